The summed E-state index contributed by atoms with van der Waals surface area (Å²) in [5.74, 6) is 0. The summed E-state index contributed by atoms with van der Waals surface area (Å²) >= 11 is 13.9. The Kier molecular flexibility index (Phi) is 71.4. The van der Waals surface area contributed by atoms with Gasteiger partial charge in [-0.2, -0.15) is 0 Å². The summed E-state index contributed by atoms with van der Waals surface area (Å²) in [6, 6.07) is 0. The van der Waals surface area contributed by atoms with Crippen LogP contribution in [-0.2, 0) is 23.6 Å². The molecule has 0 bridgehead atoms. The third-order valence-electron chi connectivity index (χ3n) is 18.9. The highest BCUT2D eigenvalue weighted by molar-refractivity contribution is 8.22. The van der Waals surface area contributed by atoms with Gasteiger partial charge < -0.3 is 0 Å². The molecule has 0 aliphatic heterocycles. The molecule has 488 valence electrons. The summed E-state index contributed by atoms with van der Waals surface area (Å²) in [6.07, 6.45) is 99.7. The number of hydrogen-bond donors (Lipinski definition) is 1. The first-order valence-corrected chi connectivity index (χ1v) is 45.3. The highest BCUT2D eigenvalue weighted by Crippen LogP contribution is 2.57. The van der Waals surface area contributed by atoms with Gasteiger partial charge in [0, 0.05) is 12.4 Å². The van der Waals surface area contributed by atoms with E-state index >= 15 is 0 Å². The maximum absolute atomic E-state index is 6.97. The van der Waals surface area contributed by atoms with Gasteiger partial charge >= 0.3 is 0 Å². The van der Waals surface area contributed by atoms with Crippen LogP contribution >= 0.6 is 12.4 Å². The zero-order valence-corrected chi connectivity index (χ0v) is 60.5. The Morgan fingerprint density at radius 2 is 0.235 bits per heavy atom. The molecule has 0 aromatic heterocycles. The van der Waals surface area contributed by atoms with Crippen molar-refractivity contribution in [3.8, 4) is 0 Å². The molecule has 0 aliphatic rings. The van der Waals surface area contributed by atoms with Crippen molar-refractivity contribution in [2.75, 3.05) is 24.6 Å². The van der Waals surface area contributed by atoms with Crippen LogP contribution in [-0.4, -0.2) is 24.6 Å². The van der Waals surface area contributed by atoms with Crippen LogP contribution in [0.3, 0.4) is 0 Å². The molecular weight excluding hydrogens is 1050 g/mol. The molecule has 0 unspecified atom stereocenters. The lowest BCUT2D eigenvalue weighted by molar-refractivity contribution is 0.528. The van der Waals surface area contributed by atoms with Crippen LogP contribution in [0.2, 0.25) is 0 Å². The maximum atomic E-state index is 6.97. The lowest BCUT2D eigenvalue weighted by Gasteiger charge is -2.33. The molecule has 0 fully saturated rings. The lowest BCUT2D eigenvalue weighted by Crippen LogP contribution is -2.17. The Hall–Kier alpha value is 1.26. The van der Waals surface area contributed by atoms with Gasteiger partial charge in [0.25, 0.3) is 0 Å². The highest BCUT2D eigenvalue weighted by Gasteiger charge is 2.26. The van der Waals surface area contributed by atoms with E-state index in [1.54, 1.807) is 0 Å². The zero-order valence-electron chi connectivity index (χ0n) is 57.1. The normalized spacial score (nSPS) is 12.2. The Morgan fingerprint density at radius 1 is 0.148 bits per heavy atom. The minimum absolute atomic E-state index is 1.27. The van der Waals surface area contributed by atoms with E-state index in [4.69, 9.17) is 23.6 Å². The second-order valence-corrected chi connectivity index (χ2v) is 37.7. The van der Waals surface area contributed by atoms with Crippen LogP contribution in [0.1, 0.15) is 464 Å². The molecule has 0 saturated carbocycles. The molecule has 0 amide bonds. The summed E-state index contributed by atoms with van der Waals surface area (Å²) < 4.78 is 0. The molecule has 1 nitrogen and oxygen atoms in total. The van der Waals surface area contributed by atoms with Gasteiger partial charge in [-0.3, -0.25) is 4.86 Å². The van der Waals surface area contributed by atoms with Crippen molar-refractivity contribution in [3.05, 3.63) is 0 Å². The van der Waals surface area contributed by atoms with Gasteiger partial charge in [-0.1, -0.05) is 462 Å². The predicted octanol–water partition coefficient (Wildman–Crippen LogP) is 30.0. The Morgan fingerprint density at radius 3 is 0.333 bits per heavy atom. The van der Waals surface area contributed by atoms with Gasteiger partial charge in [0.1, 0.15) is 0 Å². The average Bonchev–Trinajstić information content (AvgIpc) is 3.47. The molecule has 0 aromatic carbocycles. The van der Waals surface area contributed by atoms with Gasteiger partial charge in [-0.25, -0.2) is 0 Å². The van der Waals surface area contributed by atoms with E-state index in [0.717, 1.165) is 0 Å². The first-order chi connectivity index (χ1) is 39.9. The van der Waals surface area contributed by atoms with E-state index in [9.17, 15) is 0 Å². The second-order valence-electron chi connectivity index (χ2n) is 27.4. The Balaban J connectivity index is 5.13. The molecule has 0 rings (SSSR count). The number of rotatable bonds is 74. The van der Waals surface area contributed by atoms with E-state index in [1.807, 2.05) is 0 Å². The quantitative estimate of drug-likeness (QED) is 0.0482. The zero-order chi connectivity index (χ0) is 58.6. The van der Waals surface area contributed by atoms with Crippen LogP contribution in [0.4, 0.5) is 0 Å². The molecule has 0 atom stereocenters. The van der Waals surface area contributed by atoms with Gasteiger partial charge in [-0.15, -0.1) is 0 Å². The van der Waals surface area contributed by atoms with E-state index in [0.29, 0.717) is 0 Å². The van der Waals surface area contributed by atoms with Crippen molar-refractivity contribution in [2.24, 2.45) is 0 Å². The summed E-state index contributed by atoms with van der Waals surface area (Å²) in [4.78, 5) is 4.48. The van der Waals surface area contributed by atoms with Crippen molar-refractivity contribution in [3.63, 3.8) is 0 Å². The van der Waals surface area contributed by atoms with Crippen LogP contribution in [0.25, 0.3) is 0 Å². The molecule has 0 spiro atoms. The van der Waals surface area contributed by atoms with Gasteiger partial charge in [0.05, 0.1) is 0 Å². The average molecular weight is 1210 g/mol. The minimum atomic E-state index is -1.68. The van der Waals surface area contributed by atoms with Crippen LogP contribution in [0.5, 0.6) is 0 Å². The van der Waals surface area contributed by atoms with Crippen molar-refractivity contribution in [2.45, 2.75) is 464 Å². The van der Waals surface area contributed by atoms with Crippen molar-refractivity contribution < 1.29 is 0 Å². The number of nitrogens with one attached hydrogen (secondary N) is 1. The molecule has 0 saturated heterocycles. The van der Waals surface area contributed by atoms with Crippen LogP contribution in [0, 0.1) is 0 Å². The smallest absolute Gasteiger partial charge is 0.0164 e. The van der Waals surface area contributed by atoms with Gasteiger partial charge in [0.2, 0.25) is 0 Å². The molecule has 0 radical (unpaired) electrons. The standard InChI is InChI=1S/C76H157NP2S2/c1-5-9-13-17-21-25-29-33-37-41-45-49-53-57-61-65-69-73-78(80,74-70-66-62-58-54-50-46-42-38-34-30-26-22-18-14-10-6-2)77-79(81,75-71-67-63-59-55-51-47-43-39-35-31-27-23-19-15-11-7-3)76-72-68-64-60-56-52-48-44-40-36-32-28-24-20-16-12-8-4/h5-76H2,1-4H3,(H,77,80,81). The predicted molar refractivity (Wildman–Crippen MR) is 388 cm³/mol. The third-order valence-corrected chi connectivity index (χ3v) is 29.6. The minimum Gasteiger partial charge on any atom is -0.259 e. The Bertz CT molecular complexity index is 1060. The fourth-order valence-electron chi connectivity index (χ4n) is 13.1. The Labute approximate surface area is 526 Å². The summed E-state index contributed by atoms with van der Waals surface area (Å²) in [5, 5.41) is 0. The molecule has 5 heteroatoms. The summed E-state index contributed by atoms with van der Waals surface area (Å²) in [7, 11) is 0. The van der Waals surface area contributed by atoms with E-state index in [1.165, 1.54) is 461 Å². The monoisotopic (exact) mass is 1210 g/mol. The van der Waals surface area contributed by atoms with E-state index in [2.05, 4.69) is 32.6 Å². The first kappa shape index (κ1) is 82.3. The van der Waals surface area contributed by atoms with Crippen molar-refractivity contribution in [1.82, 2.24) is 4.86 Å². The lowest BCUT2D eigenvalue weighted by atomic mass is 10.0. The SMILES string of the molecule is CCCCCCCCCCCCCCCCCCCP(=S)(CCCCCCCCCCCCCCCCCCC)NP(=S)(CCCCCCCCCCCCCCCCCCC)CCCCCCCCCCCCCCCCCCC. The molecule has 0 heterocycles. The largest absolute Gasteiger partial charge is 0.259 e. The van der Waals surface area contributed by atoms with E-state index in [-0.39, 0.29) is 0 Å². The van der Waals surface area contributed by atoms with Crippen molar-refractivity contribution >= 4 is 36.0 Å². The third kappa shape index (κ3) is 67.0. The molecule has 0 aromatic rings. The van der Waals surface area contributed by atoms with Gasteiger partial charge in [0.15, 0.2) is 0 Å². The first-order valence-electron chi connectivity index (χ1n) is 38.9. The number of unbranched alkanes of at least 4 members (excludes halogenated alkanes) is 64. The van der Waals surface area contributed by atoms with E-state index < -0.39 is 12.4 Å². The van der Waals surface area contributed by atoms with Crippen LogP contribution in [0.15, 0.2) is 0 Å². The molecule has 81 heavy (non-hydrogen) atoms. The maximum Gasteiger partial charge on any atom is 0.0164 e. The molecule has 1 N–H and O–H groups in total. The highest BCUT2D eigenvalue weighted by atomic mass is 32.5. The molecule has 0 aliphatic carbocycles. The summed E-state index contributed by atoms with van der Waals surface area (Å²) in [6.45, 7) is 9.30. The van der Waals surface area contributed by atoms with Crippen molar-refractivity contribution in [1.29, 1.82) is 0 Å². The summed E-state index contributed by atoms with van der Waals surface area (Å²) in [5.41, 5.74) is 0. The number of hydrogen-bond acceptors (Lipinski definition) is 2. The van der Waals surface area contributed by atoms with Gasteiger partial charge in [-0.05, 0) is 50.3 Å². The fourth-order valence-corrected chi connectivity index (χ4v) is 25.6. The topological polar surface area (TPSA) is 12.0 Å². The second kappa shape index (κ2) is 70.3. The van der Waals surface area contributed by atoms with Crippen LogP contribution < -0.4 is 4.86 Å². The molecular formula is C76H157NP2S2. The fraction of sp³-hybridized carbons (Fsp3) is 1.00.